The van der Waals surface area contributed by atoms with Gasteiger partial charge in [0.2, 0.25) is 0 Å². The van der Waals surface area contributed by atoms with Crippen molar-refractivity contribution in [2.24, 2.45) is 0 Å². The Morgan fingerprint density at radius 2 is 1.82 bits per heavy atom. The number of para-hydroxylation sites is 1. The van der Waals surface area contributed by atoms with Gasteiger partial charge in [0, 0.05) is 40.1 Å². The number of aromatic nitrogens is 2. The van der Waals surface area contributed by atoms with Gasteiger partial charge in [0.25, 0.3) is 0 Å². The van der Waals surface area contributed by atoms with Crippen LogP contribution in [0, 0.1) is 6.92 Å². The Bertz CT molecular complexity index is 1370. The lowest BCUT2D eigenvalue weighted by Crippen LogP contribution is -2.30. The molecule has 164 valence electrons. The van der Waals surface area contributed by atoms with Gasteiger partial charge < -0.3 is 9.73 Å². The number of fused-ring (bicyclic) bond motifs is 1. The van der Waals surface area contributed by atoms with Crippen LogP contribution >= 0.6 is 11.6 Å². The van der Waals surface area contributed by atoms with E-state index in [0.29, 0.717) is 17.9 Å². The van der Waals surface area contributed by atoms with E-state index in [4.69, 9.17) is 21.1 Å². The summed E-state index contributed by atoms with van der Waals surface area (Å²) in [5.74, 6) is 1.71. The van der Waals surface area contributed by atoms with Crippen LogP contribution in [0.15, 0.2) is 88.7 Å². The monoisotopic (exact) mass is 455 g/mol. The summed E-state index contributed by atoms with van der Waals surface area (Å²) in [6.07, 6.45) is 2.80. The SMILES string of the molecule is Cc1nn(-c2ccccc2)c2c1[C@H](c1ccc(Cl)cc1)C1=C(C[C@@H](c3ccco3)CC1=O)N2. The lowest BCUT2D eigenvalue weighted by atomic mass is 9.73. The number of allylic oxidation sites excluding steroid dienone is 2. The summed E-state index contributed by atoms with van der Waals surface area (Å²) in [4.78, 5) is 13.6. The molecule has 1 aliphatic carbocycles. The van der Waals surface area contributed by atoms with Gasteiger partial charge >= 0.3 is 0 Å². The number of furan rings is 1. The number of halogens is 1. The first-order valence-electron chi connectivity index (χ1n) is 11.1. The molecule has 2 atom stereocenters. The quantitative estimate of drug-likeness (QED) is 0.389. The first-order chi connectivity index (χ1) is 16.1. The average molecular weight is 456 g/mol. The molecular weight excluding hydrogens is 434 g/mol. The van der Waals surface area contributed by atoms with E-state index in [1.54, 1.807) is 6.26 Å². The summed E-state index contributed by atoms with van der Waals surface area (Å²) < 4.78 is 7.60. The number of carbonyl (C=O) groups excluding carboxylic acids is 1. The molecule has 0 unspecified atom stereocenters. The van der Waals surface area contributed by atoms with Gasteiger partial charge in [-0.25, -0.2) is 4.68 Å². The number of benzene rings is 2. The highest BCUT2D eigenvalue weighted by Crippen LogP contribution is 2.49. The zero-order chi connectivity index (χ0) is 22.5. The van der Waals surface area contributed by atoms with Gasteiger partial charge in [-0.2, -0.15) is 5.10 Å². The Morgan fingerprint density at radius 3 is 2.55 bits per heavy atom. The fourth-order valence-electron chi connectivity index (χ4n) is 5.15. The standard InChI is InChI=1S/C27H22ClN3O2/c1-16-24-25(17-9-11-19(28)12-10-17)26-21(14-18(15-22(26)32)23-8-5-13-33-23)29-27(24)31(30-16)20-6-3-2-4-7-20/h2-13,18,25,29H,14-15H2,1H3/t18-,25+/m1/s1. The van der Waals surface area contributed by atoms with E-state index < -0.39 is 0 Å². The zero-order valence-corrected chi connectivity index (χ0v) is 18.8. The molecule has 0 bridgehead atoms. The van der Waals surface area contributed by atoms with E-state index >= 15 is 0 Å². The number of ketones is 1. The lowest BCUT2D eigenvalue weighted by molar-refractivity contribution is -0.116. The number of carbonyl (C=O) groups is 1. The van der Waals surface area contributed by atoms with Crippen LogP contribution in [0.5, 0.6) is 0 Å². The molecule has 2 aromatic carbocycles. The Balaban J connectivity index is 1.54. The van der Waals surface area contributed by atoms with Crippen LogP contribution in [0.1, 0.15) is 47.3 Å². The largest absolute Gasteiger partial charge is 0.469 e. The van der Waals surface area contributed by atoms with Crippen molar-refractivity contribution >= 4 is 23.2 Å². The van der Waals surface area contributed by atoms with Gasteiger partial charge in [-0.15, -0.1) is 0 Å². The summed E-state index contributed by atoms with van der Waals surface area (Å²) in [6.45, 7) is 2.01. The number of nitrogens with zero attached hydrogens (tertiary/aromatic N) is 2. The van der Waals surface area contributed by atoms with Crippen LogP contribution in [-0.4, -0.2) is 15.6 Å². The number of aryl methyl sites for hydroxylation is 1. The number of rotatable bonds is 3. The summed E-state index contributed by atoms with van der Waals surface area (Å²) in [7, 11) is 0. The number of hydrogen-bond acceptors (Lipinski definition) is 4. The highest BCUT2D eigenvalue weighted by molar-refractivity contribution is 6.30. The third-order valence-corrected chi connectivity index (χ3v) is 6.86. The molecule has 33 heavy (non-hydrogen) atoms. The third-order valence-electron chi connectivity index (χ3n) is 6.61. The molecule has 5 nitrogen and oxygen atoms in total. The van der Waals surface area contributed by atoms with Crippen molar-refractivity contribution < 1.29 is 9.21 Å². The fraction of sp³-hybridized carbons (Fsp3) is 0.185. The van der Waals surface area contributed by atoms with E-state index in [9.17, 15) is 4.79 Å². The van der Waals surface area contributed by atoms with E-state index in [0.717, 1.165) is 45.4 Å². The normalized spacial score (nSPS) is 19.8. The average Bonchev–Trinajstić information content (AvgIpc) is 3.48. The summed E-state index contributed by atoms with van der Waals surface area (Å²) in [5, 5.41) is 9.16. The first kappa shape index (κ1) is 20.1. The topological polar surface area (TPSA) is 60.1 Å². The molecule has 6 heteroatoms. The first-order valence-corrected chi connectivity index (χ1v) is 11.4. The van der Waals surface area contributed by atoms with E-state index in [2.05, 4.69) is 5.32 Å². The number of anilines is 1. The minimum Gasteiger partial charge on any atom is -0.469 e. The molecule has 3 heterocycles. The van der Waals surface area contributed by atoms with Gasteiger partial charge in [-0.1, -0.05) is 41.9 Å². The van der Waals surface area contributed by atoms with E-state index in [-0.39, 0.29) is 17.6 Å². The second-order valence-electron chi connectivity index (χ2n) is 8.64. The van der Waals surface area contributed by atoms with Gasteiger partial charge in [0.05, 0.1) is 17.6 Å². The molecule has 1 N–H and O–H groups in total. The van der Waals surface area contributed by atoms with E-state index in [1.807, 2.05) is 78.3 Å². The van der Waals surface area contributed by atoms with Crippen molar-refractivity contribution in [3.8, 4) is 5.69 Å². The predicted octanol–water partition coefficient (Wildman–Crippen LogP) is 6.39. The molecule has 0 radical (unpaired) electrons. The molecule has 0 saturated heterocycles. The molecule has 4 aromatic rings. The molecule has 2 aromatic heterocycles. The maximum absolute atomic E-state index is 13.6. The molecular formula is C27H22ClN3O2. The molecule has 0 spiro atoms. The molecule has 0 amide bonds. The summed E-state index contributed by atoms with van der Waals surface area (Å²) in [5.41, 5.74) is 5.70. The van der Waals surface area contributed by atoms with E-state index in [1.165, 1.54) is 0 Å². The Labute approximate surface area is 196 Å². The second-order valence-corrected chi connectivity index (χ2v) is 9.08. The Hall–Kier alpha value is -3.57. The summed E-state index contributed by atoms with van der Waals surface area (Å²) in [6, 6.07) is 21.7. The smallest absolute Gasteiger partial charge is 0.162 e. The van der Waals surface area contributed by atoms with Crippen LogP contribution in [0.25, 0.3) is 5.69 Å². The Morgan fingerprint density at radius 1 is 1.03 bits per heavy atom. The lowest BCUT2D eigenvalue weighted by Gasteiger charge is -2.35. The van der Waals surface area contributed by atoms with Crippen molar-refractivity contribution in [3.63, 3.8) is 0 Å². The van der Waals surface area contributed by atoms with Gasteiger partial charge in [0.1, 0.15) is 11.6 Å². The van der Waals surface area contributed by atoms with Crippen LogP contribution in [-0.2, 0) is 4.79 Å². The summed E-state index contributed by atoms with van der Waals surface area (Å²) >= 11 is 6.19. The zero-order valence-electron chi connectivity index (χ0n) is 18.1. The van der Waals surface area contributed by atoms with Gasteiger partial charge in [-0.05, 0) is 55.3 Å². The molecule has 1 aliphatic heterocycles. The minimum absolute atomic E-state index is 0.0142. The highest BCUT2D eigenvalue weighted by Gasteiger charge is 2.41. The minimum atomic E-state index is -0.198. The van der Waals surface area contributed by atoms with Crippen molar-refractivity contribution in [2.75, 3.05) is 5.32 Å². The van der Waals surface area contributed by atoms with Crippen LogP contribution in [0.2, 0.25) is 5.02 Å². The fourth-order valence-corrected chi connectivity index (χ4v) is 5.27. The van der Waals surface area contributed by atoms with Crippen LogP contribution in [0.3, 0.4) is 0 Å². The second kappa shape index (κ2) is 7.78. The van der Waals surface area contributed by atoms with Crippen LogP contribution in [0.4, 0.5) is 5.82 Å². The van der Waals surface area contributed by atoms with Crippen molar-refractivity contribution in [1.82, 2.24) is 9.78 Å². The maximum Gasteiger partial charge on any atom is 0.162 e. The van der Waals surface area contributed by atoms with Crippen molar-refractivity contribution in [1.29, 1.82) is 0 Å². The number of hydrogen-bond donors (Lipinski definition) is 1. The molecule has 6 rings (SSSR count). The predicted molar refractivity (Wildman–Crippen MR) is 128 cm³/mol. The van der Waals surface area contributed by atoms with Crippen molar-refractivity contribution in [2.45, 2.75) is 31.6 Å². The maximum atomic E-state index is 13.6. The van der Waals surface area contributed by atoms with Gasteiger partial charge in [0.15, 0.2) is 5.78 Å². The van der Waals surface area contributed by atoms with Crippen LogP contribution < -0.4 is 5.32 Å². The molecule has 2 aliphatic rings. The Kier molecular flexibility index (Phi) is 4.73. The third kappa shape index (κ3) is 3.31. The molecule has 0 saturated carbocycles. The highest BCUT2D eigenvalue weighted by atomic mass is 35.5. The molecule has 0 fully saturated rings. The van der Waals surface area contributed by atoms with Crippen molar-refractivity contribution in [3.05, 3.63) is 112 Å². The number of Topliss-reactive ketones (excluding diaryl/α,β-unsaturated/α-hetero) is 1. The van der Waals surface area contributed by atoms with Gasteiger partial charge in [-0.3, -0.25) is 4.79 Å². The number of nitrogens with one attached hydrogen (secondary N) is 1.